The Kier molecular flexibility index (Phi) is 7.27. The summed E-state index contributed by atoms with van der Waals surface area (Å²) < 4.78 is 21.6. The van der Waals surface area contributed by atoms with Crippen LogP contribution < -0.4 is 15.8 Å². The summed E-state index contributed by atoms with van der Waals surface area (Å²) in [5.41, 5.74) is 11.0. The third-order valence-electron chi connectivity index (χ3n) is 6.82. The number of aromatic amines is 1. The highest BCUT2D eigenvalue weighted by atomic mass is 19.1. The molecule has 0 saturated carbocycles. The van der Waals surface area contributed by atoms with Gasteiger partial charge >= 0.3 is 0 Å². The summed E-state index contributed by atoms with van der Waals surface area (Å²) in [6.07, 6.45) is 4.87. The Morgan fingerprint density at radius 3 is 2.74 bits per heavy atom. The van der Waals surface area contributed by atoms with Crippen molar-refractivity contribution in [3.8, 4) is 17.0 Å². The third kappa shape index (κ3) is 5.05. The first-order valence-electron chi connectivity index (χ1n) is 12.9. The molecule has 5 aromatic rings. The molecule has 8 heteroatoms. The number of aryl methyl sites for hydroxylation is 2. The van der Waals surface area contributed by atoms with Crippen molar-refractivity contribution in [2.45, 2.75) is 33.2 Å². The normalized spacial score (nSPS) is 11.9. The molecule has 198 valence electrons. The van der Waals surface area contributed by atoms with Crippen molar-refractivity contribution in [1.82, 2.24) is 15.0 Å². The van der Waals surface area contributed by atoms with E-state index in [0.29, 0.717) is 41.5 Å². The molecule has 2 aromatic heterocycles. The molecule has 0 aliphatic heterocycles. The number of fused-ring (bicyclic) bond motifs is 1. The van der Waals surface area contributed by atoms with E-state index in [2.05, 4.69) is 20.3 Å². The van der Waals surface area contributed by atoms with Gasteiger partial charge in [-0.15, -0.1) is 0 Å². The average Bonchev–Trinajstić information content (AvgIpc) is 3.42. The Morgan fingerprint density at radius 2 is 1.97 bits per heavy atom. The largest absolute Gasteiger partial charge is 0.491 e. The Balaban J connectivity index is 1.66. The molecule has 0 radical (unpaired) electrons. The summed E-state index contributed by atoms with van der Waals surface area (Å²) in [6, 6.07) is 16.0. The number of nitrogens with one attached hydrogen (secondary N) is 2. The van der Waals surface area contributed by atoms with E-state index >= 15 is 4.39 Å². The average molecular weight is 524 g/mol. The molecule has 0 bridgehead atoms. The lowest BCUT2D eigenvalue weighted by atomic mass is 9.99. The topological polar surface area (TPSA) is 106 Å². The lowest BCUT2D eigenvalue weighted by Gasteiger charge is -2.22. The first-order valence-corrected chi connectivity index (χ1v) is 12.9. The summed E-state index contributed by atoms with van der Waals surface area (Å²) in [4.78, 5) is 24.0. The van der Waals surface area contributed by atoms with Crippen molar-refractivity contribution >= 4 is 28.6 Å². The fraction of sp³-hybridized carbons (Fsp3) is 0.194. The van der Waals surface area contributed by atoms with E-state index < -0.39 is 11.9 Å². The summed E-state index contributed by atoms with van der Waals surface area (Å²) >= 11 is 0. The maximum absolute atomic E-state index is 16.0. The van der Waals surface area contributed by atoms with Crippen molar-refractivity contribution in [3.63, 3.8) is 0 Å². The SMILES string of the molecule is CCOc1cc(CC)cc(C(Nc2ccc3c(N)nccc3c2)c2ncc(-c3c(C)cccc3C=O)[nH]2)c1F. The van der Waals surface area contributed by atoms with E-state index in [0.717, 1.165) is 39.4 Å². The van der Waals surface area contributed by atoms with E-state index in [4.69, 9.17) is 10.5 Å². The zero-order chi connectivity index (χ0) is 27.5. The molecule has 0 amide bonds. The molecule has 0 saturated heterocycles. The van der Waals surface area contributed by atoms with Crippen LogP contribution in [0.25, 0.3) is 22.0 Å². The summed E-state index contributed by atoms with van der Waals surface area (Å²) in [5.74, 6) is 0.681. The summed E-state index contributed by atoms with van der Waals surface area (Å²) in [5, 5.41) is 5.21. The zero-order valence-electron chi connectivity index (χ0n) is 22.1. The van der Waals surface area contributed by atoms with Gasteiger partial charge in [-0.1, -0.05) is 31.2 Å². The van der Waals surface area contributed by atoms with Gasteiger partial charge < -0.3 is 20.8 Å². The minimum atomic E-state index is -0.690. The second-order valence-electron chi connectivity index (χ2n) is 9.33. The summed E-state index contributed by atoms with van der Waals surface area (Å²) in [7, 11) is 0. The van der Waals surface area contributed by atoms with Gasteiger partial charge in [-0.2, -0.15) is 0 Å². The van der Waals surface area contributed by atoms with Gasteiger partial charge in [-0.25, -0.2) is 14.4 Å². The number of aldehydes is 1. The minimum Gasteiger partial charge on any atom is -0.491 e. The van der Waals surface area contributed by atoms with Crippen molar-refractivity contribution in [1.29, 1.82) is 0 Å². The van der Waals surface area contributed by atoms with Crippen LogP contribution in [0.4, 0.5) is 15.9 Å². The van der Waals surface area contributed by atoms with E-state index in [1.54, 1.807) is 24.5 Å². The molecule has 7 nitrogen and oxygen atoms in total. The molecular weight excluding hydrogens is 493 g/mol. The number of anilines is 2. The van der Waals surface area contributed by atoms with Gasteiger partial charge in [0.05, 0.1) is 18.5 Å². The van der Waals surface area contributed by atoms with Crippen molar-refractivity contribution in [2.24, 2.45) is 0 Å². The predicted molar refractivity (Wildman–Crippen MR) is 153 cm³/mol. The number of hydrogen-bond acceptors (Lipinski definition) is 6. The number of halogens is 1. The van der Waals surface area contributed by atoms with Gasteiger partial charge in [-0.05, 0) is 67.1 Å². The smallest absolute Gasteiger partial charge is 0.170 e. The highest BCUT2D eigenvalue weighted by molar-refractivity contribution is 5.93. The molecule has 5 rings (SSSR count). The number of nitrogen functional groups attached to an aromatic ring is 1. The first kappa shape index (κ1) is 25.9. The van der Waals surface area contributed by atoms with Crippen LogP contribution in [0.5, 0.6) is 5.75 Å². The van der Waals surface area contributed by atoms with Crippen LogP contribution in [0, 0.1) is 12.7 Å². The number of carbonyl (C=O) groups excluding carboxylic acids is 1. The molecule has 2 heterocycles. The monoisotopic (exact) mass is 523 g/mol. The van der Waals surface area contributed by atoms with Gasteiger partial charge in [0.15, 0.2) is 17.9 Å². The van der Waals surface area contributed by atoms with Crippen LogP contribution in [0.1, 0.15) is 52.8 Å². The van der Waals surface area contributed by atoms with Crippen LogP contribution in [0.2, 0.25) is 0 Å². The maximum Gasteiger partial charge on any atom is 0.170 e. The van der Waals surface area contributed by atoms with Crippen LogP contribution in [0.15, 0.2) is 67.0 Å². The van der Waals surface area contributed by atoms with Crippen molar-refractivity contribution < 1.29 is 13.9 Å². The molecule has 3 aromatic carbocycles. The number of hydrogen-bond donors (Lipinski definition) is 3. The van der Waals surface area contributed by atoms with Gasteiger partial charge in [0.1, 0.15) is 17.7 Å². The highest BCUT2D eigenvalue weighted by Gasteiger charge is 2.25. The second kappa shape index (κ2) is 10.9. The number of ether oxygens (including phenoxy) is 1. The fourth-order valence-corrected chi connectivity index (χ4v) is 4.87. The van der Waals surface area contributed by atoms with Crippen molar-refractivity contribution in [2.75, 3.05) is 17.7 Å². The number of benzene rings is 3. The van der Waals surface area contributed by atoms with Crippen LogP contribution in [0.3, 0.4) is 0 Å². The Labute approximate surface area is 226 Å². The van der Waals surface area contributed by atoms with E-state index in [-0.39, 0.29) is 5.75 Å². The van der Waals surface area contributed by atoms with Gasteiger partial charge in [0.2, 0.25) is 0 Å². The van der Waals surface area contributed by atoms with Crippen LogP contribution >= 0.6 is 0 Å². The van der Waals surface area contributed by atoms with E-state index in [9.17, 15) is 4.79 Å². The van der Waals surface area contributed by atoms with Gasteiger partial charge in [-0.3, -0.25) is 4.79 Å². The Bertz CT molecular complexity index is 1660. The molecule has 1 unspecified atom stereocenters. The molecule has 0 aliphatic rings. The Hall–Kier alpha value is -4.72. The first-order chi connectivity index (χ1) is 18.9. The number of imidazole rings is 1. The number of aromatic nitrogens is 3. The molecule has 4 N–H and O–H groups in total. The van der Waals surface area contributed by atoms with Crippen LogP contribution in [-0.4, -0.2) is 27.8 Å². The lowest BCUT2D eigenvalue weighted by Crippen LogP contribution is -2.17. The van der Waals surface area contributed by atoms with Crippen molar-refractivity contribution in [3.05, 3.63) is 101 Å². The quantitative estimate of drug-likeness (QED) is 0.187. The second-order valence-corrected chi connectivity index (χ2v) is 9.33. The fourth-order valence-electron chi connectivity index (χ4n) is 4.87. The molecule has 1 atom stereocenters. The number of rotatable bonds is 9. The number of H-pyrrole nitrogens is 1. The standard InChI is InChI=1S/C31H30FN5O2/c1-4-19-13-24(28(32)26(14-19)39-5-2)29(36-22-9-10-23-20(15-22)11-12-34-30(23)33)31-35-16-25(37-31)27-18(3)7-6-8-21(27)17-38/h6-17,29,36H,4-5H2,1-3H3,(H2,33,34)(H,35,37). The number of carbonyl (C=O) groups is 1. The minimum absolute atomic E-state index is 0.199. The van der Waals surface area contributed by atoms with Crippen LogP contribution in [-0.2, 0) is 6.42 Å². The zero-order valence-corrected chi connectivity index (χ0v) is 22.1. The maximum atomic E-state index is 16.0. The van der Waals surface area contributed by atoms with E-state index in [1.165, 1.54) is 0 Å². The highest BCUT2D eigenvalue weighted by Crippen LogP contribution is 2.35. The molecular formula is C31H30FN5O2. The Morgan fingerprint density at radius 1 is 1.13 bits per heavy atom. The van der Waals surface area contributed by atoms with Gasteiger partial charge in [0, 0.05) is 34.0 Å². The number of nitrogens with two attached hydrogens (primary N) is 1. The van der Waals surface area contributed by atoms with Gasteiger partial charge in [0.25, 0.3) is 0 Å². The molecule has 39 heavy (non-hydrogen) atoms. The summed E-state index contributed by atoms with van der Waals surface area (Å²) in [6.45, 7) is 6.12. The number of pyridine rings is 1. The molecule has 0 aliphatic carbocycles. The lowest BCUT2D eigenvalue weighted by molar-refractivity contribution is 0.112. The third-order valence-corrected chi connectivity index (χ3v) is 6.82. The molecule has 0 fully saturated rings. The number of nitrogens with zero attached hydrogens (tertiary/aromatic N) is 2. The predicted octanol–water partition coefficient (Wildman–Crippen LogP) is 6.63. The van der Waals surface area contributed by atoms with E-state index in [1.807, 2.05) is 63.2 Å². The molecule has 0 spiro atoms.